The molecule has 0 bridgehead atoms. The molecule has 0 aliphatic heterocycles. The zero-order chi connectivity index (χ0) is 13.3. The van der Waals surface area contributed by atoms with Crippen molar-refractivity contribution in [1.82, 2.24) is 15.0 Å². The van der Waals surface area contributed by atoms with E-state index in [2.05, 4.69) is 42.6 Å². The molecule has 0 aliphatic rings. The highest BCUT2D eigenvalue weighted by Gasteiger charge is 2.21. The molecule has 0 aliphatic carbocycles. The number of ether oxygens (including phenoxy) is 1. The number of H-pyrrole nitrogens is 1. The Morgan fingerprint density at radius 2 is 2.00 bits per heavy atom. The van der Waals surface area contributed by atoms with Gasteiger partial charge in [-0.2, -0.15) is 4.98 Å². The summed E-state index contributed by atoms with van der Waals surface area (Å²) in [5, 5.41) is 0. The van der Waals surface area contributed by atoms with E-state index >= 15 is 0 Å². The molecule has 1 N–H and O–H groups in total. The van der Waals surface area contributed by atoms with Gasteiger partial charge < -0.3 is 9.72 Å². The van der Waals surface area contributed by atoms with Gasteiger partial charge >= 0.3 is 0 Å². The van der Waals surface area contributed by atoms with Gasteiger partial charge in [-0.15, -0.1) is 0 Å². The van der Waals surface area contributed by atoms with E-state index in [0.29, 0.717) is 11.8 Å². The lowest BCUT2D eigenvalue weighted by Gasteiger charge is -2.26. The highest BCUT2D eigenvalue weighted by molar-refractivity contribution is 5.71. The van der Waals surface area contributed by atoms with Gasteiger partial charge in [0.05, 0.1) is 12.6 Å². The minimum Gasteiger partial charge on any atom is -0.481 e. The Morgan fingerprint density at radius 1 is 1.28 bits per heavy atom. The molecule has 98 valence electrons. The number of aromatic amines is 1. The second-order valence-electron chi connectivity index (χ2n) is 5.88. The first kappa shape index (κ1) is 12.9. The van der Waals surface area contributed by atoms with E-state index in [4.69, 9.17) is 4.74 Å². The normalized spacial score (nSPS) is 13.8. The molecule has 0 saturated heterocycles. The van der Waals surface area contributed by atoms with Gasteiger partial charge in [0, 0.05) is 12.5 Å². The minimum absolute atomic E-state index is 0.282. The van der Waals surface area contributed by atoms with E-state index in [9.17, 15) is 0 Å². The first-order valence-electron chi connectivity index (χ1n) is 6.30. The summed E-state index contributed by atoms with van der Waals surface area (Å²) in [6, 6.07) is 3.80. The van der Waals surface area contributed by atoms with Crippen molar-refractivity contribution in [2.75, 3.05) is 7.11 Å². The molecule has 0 spiro atoms. The van der Waals surface area contributed by atoms with E-state index in [1.165, 1.54) is 0 Å². The van der Waals surface area contributed by atoms with Crippen LogP contribution in [0.4, 0.5) is 0 Å². The fourth-order valence-electron chi connectivity index (χ4n) is 1.73. The van der Waals surface area contributed by atoms with E-state index in [1.807, 2.05) is 12.1 Å². The number of methoxy groups -OCH3 is 1. The average molecular weight is 247 g/mol. The lowest BCUT2D eigenvalue weighted by Crippen LogP contribution is -2.19. The summed E-state index contributed by atoms with van der Waals surface area (Å²) >= 11 is 0. The summed E-state index contributed by atoms with van der Waals surface area (Å²) in [7, 11) is 1.61. The average Bonchev–Trinajstić information content (AvgIpc) is 2.68. The number of fused-ring (bicyclic) bond motifs is 1. The van der Waals surface area contributed by atoms with Crippen LogP contribution in [0.1, 0.15) is 33.5 Å². The molecule has 2 heterocycles. The van der Waals surface area contributed by atoms with E-state index in [-0.39, 0.29) is 5.41 Å². The summed E-state index contributed by atoms with van der Waals surface area (Å²) in [5.74, 6) is 2.15. The molecular formula is C14H21N3O. The fourth-order valence-corrected chi connectivity index (χ4v) is 1.73. The predicted octanol–water partition coefficient (Wildman–Crippen LogP) is 3.19. The zero-order valence-electron chi connectivity index (χ0n) is 11.7. The zero-order valence-corrected chi connectivity index (χ0v) is 11.7. The molecule has 0 radical (unpaired) electrons. The molecule has 0 saturated carbocycles. The molecule has 0 aromatic carbocycles. The van der Waals surface area contributed by atoms with Crippen LogP contribution in [0, 0.1) is 11.3 Å². The SMILES string of the molecule is COc1ccc2[nH]c(CC(C)C(C)(C)C)nc2n1. The van der Waals surface area contributed by atoms with Crippen molar-refractivity contribution in [3.63, 3.8) is 0 Å². The highest BCUT2D eigenvalue weighted by atomic mass is 16.5. The molecular weight excluding hydrogens is 226 g/mol. The quantitative estimate of drug-likeness (QED) is 0.906. The van der Waals surface area contributed by atoms with Crippen molar-refractivity contribution in [2.24, 2.45) is 11.3 Å². The fraction of sp³-hybridized carbons (Fsp3) is 0.571. The summed E-state index contributed by atoms with van der Waals surface area (Å²) in [4.78, 5) is 12.2. The summed E-state index contributed by atoms with van der Waals surface area (Å²) in [5.41, 5.74) is 1.97. The number of nitrogens with one attached hydrogen (secondary N) is 1. The molecule has 1 unspecified atom stereocenters. The van der Waals surface area contributed by atoms with Gasteiger partial charge in [0.2, 0.25) is 5.88 Å². The van der Waals surface area contributed by atoms with Crippen molar-refractivity contribution >= 4 is 11.2 Å². The van der Waals surface area contributed by atoms with Crippen LogP contribution in [-0.4, -0.2) is 22.1 Å². The number of imidazole rings is 1. The van der Waals surface area contributed by atoms with Crippen LogP contribution in [0.25, 0.3) is 11.2 Å². The molecule has 0 amide bonds. The minimum atomic E-state index is 0.282. The lowest BCUT2D eigenvalue weighted by atomic mass is 9.80. The second kappa shape index (κ2) is 4.59. The molecule has 2 aromatic rings. The molecule has 4 heteroatoms. The Morgan fingerprint density at radius 3 is 2.61 bits per heavy atom. The third-order valence-electron chi connectivity index (χ3n) is 3.56. The Kier molecular flexibility index (Phi) is 3.28. The standard InChI is InChI=1S/C14H21N3O/c1-9(14(2,3)4)8-11-15-10-6-7-12(18-5)17-13(10)16-11/h6-7,9H,8H2,1-5H3,(H,15,16,17). The van der Waals surface area contributed by atoms with Crippen LogP contribution >= 0.6 is 0 Å². The van der Waals surface area contributed by atoms with Crippen molar-refractivity contribution < 1.29 is 4.74 Å². The van der Waals surface area contributed by atoms with Crippen LogP contribution in [0.5, 0.6) is 5.88 Å². The van der Waals surface area contributed by atoms with Crippen LogP contribution in [-0.2, 0) is 6.42 Å². The van der Waals surface area contributed by atoms with Crippen molar-refractivity contribution in [3.8, 4) is 5.88 Å². The molecule has 0 fully saturated rings. The topological polar surface area (TPSA) is 50.8 Å². The highest BCUT2D eigenvalue weighted by Crippen LogP contribution is 2.28. The predicted molar refractivity (Wildman–Crippen MR) is 72.8 cm³/mol. The number of pyridine rings is 1. The van der Waals surface area contributed by atoms with Crippen LogP contribution in [0.15, 0.2) is 12.1 Å². The number of hydrogen-bond donors (Lipinski definition) is 1. The maximum absolute atomic E-state index is 5.10. The van der Waals surface area contributed by atoms with Gasteiger partial charge in [0.15, 0.2) is 5.65 Å². The molecule has 2 rings (SSSR count). The number of hydrogen-bond acceptors (Lipinski definition) is 3. The van der Waals surface area contributed by atoms with Gasteiger partial charge in [0.25, 0.3) is 0 Å². The van der Waals surface area contributed by atoms with E-state index in [1.54, 1.807) is 7.11 Å². The third kappa shape index (κ3) is 2.63. The summed E-state index contributed by atoms with van der Waals surface area (Å²) in [6.07, 6.45) is 0.933. The monoisotopic (exact) mass is 247 g/mol. The van der Waals surface area contributed by atoms with Crippen molar-refractivity contribution in [2.45, 2.75) is 34.1 Å². The van der Waals surface area contributed by atoms with Gasteiger partial charge in [-0.3, -0.25) is 0 Å². The van der Waals surface area contributed by atoms with Gasteiger partial charge in [-0.05, 0) is 17.4 Å². The number of rotatable bonds is 3. The Hall–Kier alpha value is -1.58. The Balaban J connectivity index is 2.25. The molecule has 2 aromatic heterocycles. The molecule has 1 atom stereocenters. The first-order chi connectivity index (χ1) is 8.40. The van der Waals surface area contributed by atoms with Gasteiger partial charge in [0.1, 0.15) is 5.82 Å². The van der Waals surface area contributed by atoms with Gasteiger partial charge in [-0.25, -0.2) is 4.98 Å². The van der Waals surface area contributed by atoms with Crippen LogP contribution in [0.3, 0.4) is 0 Å². The van der Waals surface area contributed by atoms with Crippen molar-refractivity contribution in [1.29, 1.82) is 0 Å². The summed E-state index contributed by atoms with van der Waals surface area (Å²) < 4.78 is 5.10. The smallest absolute Gasteiger partial charge is 0.215 e. The van der Waals surface area contributed by atoms with Gasteiger partial charge in [-0.1, -0.05) is 27.7 Å². The Bertz CT molecular complexity index is 539. The molecule has 18 heavy (non-hydrogen) atoms. The molecule has 4 nitrogen and oxygen atoms in total. The third-order valence-corrected chi connectivity index (χ3v) is 3.56. The Labute approximate surface area is 108 Å². The van der Waals surface area contributed by atoms with Crippen molar-refractivity contribution in [3.05, 3.63) is 18.0 Å². The maximum Gasteiger partial charge on any atom is 0.215 e. The largest absolute Gasteiger partial charge is 0.481 e. The lowest BCUT2D eigenvalue weighted by molar-refractivity contribution is 0.257. The van der Waals surface area contributed by atoms with Crippen LogP contribution in [0.2, 0.25) is 0 Å². The first-order valence-corrected chi connectivity index (χ1v) is 6.30. The van der Waals surface area contributed by atoms with E-state index in [0.717, 1.165) is 23.4 Å². The van der Waals surface area contributed by atoms with E-state index < -0.39 is 0 Å². The number of aromatic nitrogens is 3. The van der Waals surface area contributed by atoms with Crippen LogP contribution < -0.4 is 4.74 Å². The second-order valence-corrected chi connectivity index (χ2v) is 5.88. The number of nitrogens with zero attached hydrogens (tertiary/aromatic N) is 2. The summed E-state index contributed by atoms with van der Waals surface area (Å²) in [6.45, 7) is 9.01. The maximum atomic E-state index is 5.10.